The van der Waals surface area contributed by atoms with E-state index in [1.165, 1.54) is 0 Å². The number of likely N-dealkylation sites (N-methyl/N-ethyl adjacent to an activating group) is 1. The predicted octanol–water partition coefficient (Wildman–Crippen LogP) is 2.02. The average Bonchev–Trinajstić information content (AvgIpc) is 2.27. The summed E-state index contributed by atoms with van der Waals surface area (Å²) in [5.74, 6) is 0.557. The van der Waals surface area contributed by atoms with Gasteiger partial charge in [-0.25, -0.2) is 4.98 Å². The van der Waals surface area contributed by atoms with E-state index >= 15 is 0 Å². The summed E-state index contributed by atoms with van der Waals surface area (Å²) < 4.78 is 0. The Bertz CT molecular complexity index is 575. The molecule has 3 N–H and O–H groups in total. The fourth-order valence-electron chi connectivity index (χ4n) is 2.31. The highest BCUT2D eigenvalue weighted by Crippen LogP contribution is 2.19. The number of nitrogens with two attached hydrogens (primary N) is 1. The van der Waals surface area contributed by atoms with Gasteiger partial charge in [0.1, 0.15) is 5.82 Å². The molecule has 0 unspecified atom stereocenters. The molecule has 4 nitrogen and oxygen atoms in total. The van der Waals surface area contributed by atoms with E-state index in [0.29, 0.717) is 18.9 Å². The molecular weight excluding hydrogens is 238 g/mol. The molecule has 1 aromatic heterocycles. The molecule has 1 aromatic carbocycles. The molecule has 0 radical (unpaired) electrons. The van der Waals surface area contributed by atoms with Gasteiger partial charge in [-0.15, -0.1) is 0 Å². The van der Waals surface area contributed by atoms with Gasteiger partial charge in [-0.2, -0.15) is 0 Å². The minimum absolute atomic E-state index is 0.557. The molecule has 0 spiro atoms. The third-order valence-corrected chi connectivity index (χ3v) is 2.93. The second-order valence-electron chi connectivity index (χ2n) is 5.71. The maximum Gasteiger partial charge on any atom is 0.128 e. The van der Waals surface area contributed by atoms with Crippen molar-refractivity contribution in [1.29, 1.82) is 0 Å². The molecule has 0 aliphatic heterocycles. The quantitative estimate of drug-likeness (QED) is 0.882. The Balaban J connectivity index is 2.23. The van der Waals surface area contributed by atoms with Crippen LogP contribution in [0.1, 0.15) is 19.4 Å². The molecule has 1 heterocycles. The van der Waals surface area contributed by atoms with Gasteiger partial charge in [-0.05, 0) is 33.0 Å². The Kier molecular flexibility index (Phi) is 3.73. The van der Waals surface area contributed by atoms with Gasteiger partial charge in [-0.3, -0.25) is 4.90 Å². The van der Waals surface area contributed by atoms with Gasteiger partial charge in [0, 0.05) is 24.0 Å². The van der Waals surface area contributed by atoms with Crippen LogP contribution in [0.5, 0.6) is 0 Å². The Morgan fingerprint density at radius 1 is 1.32 bits per heavy atom. The summed E-state index contributed by atoms with van der Waals surface area (Å²) in [5, 5.41) is 10.9. The van der Waals surface area contributed by atoms with Crippen molar-refractivity contribution in [2.75, 3.05) is 19.3 Å². The van der Waals surface area contributed by atoms with Crippen molar-refractivity contribution in [2.45, 2.75) is 26.0 Å². The van der Waals surface area contributed by atoms with Crippen LogP contribution in [-0.4, -0.2) is 34.2 Å². The molecule has 0 saturated carbocycles. The molecule has 0 atom stereocenters. The number of nitrogens with zero attached hydrogens (tertiary/aromatic N) is 2. The summed E-state index contributed by atoms with van der Waals surface area (Å²) >= 11 is 0. The van der Waals surface area contributed by atoms with E-state index in [1.54, 1.807) is 13.8 Å². The van der Waals surface area contributed by atoms with Crippen LogP contribution in [0, 0.1) is 0 Å². The SMILES string of the molecule is CN(Cc1cc2ccccc2nc1N)CC(C)(C)O. The van der Waals surface area contributed by atoms with Gasteiger partial charge >= 0.3 is 0 Å². The minimum atomic E-state index is -0.714. The Morgan fingerprint density at radius 3 is 2.68 bits per heavy atom. The monoisotopic (exact) mass is 259 g/mol. The van der Waals surface area contributed by atoms with Crippen LogP contribution < -0.4 is 5.73 Å². The molecule has 2 aromatic rings. The molecule has 19 heavy (non-hydrogen) atoms. The van der Waals surface area contributed by atoms with Gasteiger partial charge in [0.2, 0.25) is 0 Å². The third-order valence-electron chi connectivity index (χ3n) is 2.93. The first kappa shape index (κ1) is 13.8. The first-order valence-corrected chi connectivity index (χ1v) is 6.40. The van der Waals surface area contributed by atoms with Crippen LogP contribution in [0.2, 0.25) is 0 Å². The number of anilines is 1. The third kappa shape index (κ3) is 3.66. The number of fused-ring (bicyclic) bond motifs is 1. The van der Waals surface area contributed by atoms with E-state index in [4.69, 9.17) is 5.73 Å². The highest BCUT2D eigenvalue weighted by molar-refractivity contribution is 5.81. The smallest absolute Gasteiger partial charge is 0.128 e. The molecule has 2 rings (SSSR count). The van der Waals surface area contributed by atoms with E-state index in [2.05, 4.69) is 11.1 Å². The number of pyridine rings is 1. The lowest BCUT2D eigenvalue weighted by atomic mass is 10.1. The minimum Gasteiger partial charge on any atom is -0.389 e. The van der Waals surface area contributed by atoms with Crippen molar-refractivity contribution < 1.29 is 5.11 Å². The lowest BCUT2D eigenvalue weighted by Crippen LogP contribution is -2.36. The van der Waals surface area contributed by atoms with Crippen molar-refractivity contribution in [2.24, 2.45) is 0 Å². The van der Waals surface area contributed by atoms with E-state index in [0.717, 1.165) is 16.5 Å². The summed E-state index contributed by atoms with van der Waals surface area (Å²) in [4.78, 5) is 6.46. The maximum absolute atomic E-state index is 9.82. The topological polar surface area (TPSA) is 62.4 Å². The van der Waals surface area contributed by atoms with Gasteiger partial charge < -0.3 is 10.8 Å². The molecular formula is C15H21N3O. The van der Waals surface area contributed by atoms with Crippen LogP contribution in [0.15, 0.2) is 30.3 Å². The number of benzene rings is 1. The first-order chi connectivity index (χ1) is 8.85. The van der Waals surface area contributed by atoms with E-state index in [9.17, 15) is 5.11 Å². The number of aromatic nitrogens is 1. The first-order valence-electron chi connectivity index (χ1n) is 6.40. The molecule has 102 valence electrons. The average molecular weight is 259 g/mol. The van der Waals surface area contributed by atoms with Crippen LogP contribution in [-0.2, 0) is 6.54 Å². The molecule has 0 aliphatic rings. The Hall–Kier alpha value is -1.65. The zero-order valence-electron chi connectivity index (χ0n) is 11.7. The lowest BCUT2D eigenvalue weighted by molar-refractivity contribution is 0.0425. The van der Waals surface area contributed by atoms with Crippen molar-refractivity contribution in [3.63, 3.8) is 0 Å². The van der Waals surface area contributed by atoms with E-state index in [1.807, 2.05) is 36.2 Å². The molecule has 0 fully saturated rings. The number of rotatable bonds is 4. The second-order valence-corrected chi connectivity index (χ2v) is 5.71. The van der Waals surface area contributed by atoms with Gasteiger partial charge in [0.05, 0.1) is 11.1 Å². The summed E-state index contributed by atoms with van der Waals surface area (Å²) in [7, 11) is 1.96. The van der Waals surface area contributed by atoms with Gasteiger partial charge in [0.25, 0.3) is 0 Å². The number of aliphatic hydroxyl groups is 1. The zero-order chi connectivity index (χ0) is 14.0. The molecule has 0 saturated heterocycles. The van der Waals surface area contributed by atoms with Crippen LogP contribution >= 0.6 is 0 Å². The van der Waals surface area contributed by atoms with E-state index < -0.39 is 5.60 Å². The summed E-state index contributed by atoms with van der Waals surface area (Å²) in [6.07, 6.45) is 0. The fraction of sp³-hybridized carbons (Fsp3) is 0.400. The van der Waals surface area contributed by atoms with Crippen molar-refractivity contribution >= 4 is 16.7 Å². The molecule has 0 aliphatic carbocycles. The lowest BCUT2D eigenvalue weighted by Gasteiger charge is -2.25. The van der Waals surface area contributed by atoms with Crippen molar-refractivity contribution in [1.82, 2.24) is 9.88 Å². The number of hydrogen-bond acceptors (Lipinski definition) is 4. The normalized spacial score (nSPS) is 12.3. The van der Waals surface area contributed by atoms with Gasteiger partial charge in [-0.1, -0.05) is 18.2 Å². The Labute approximate surface area is 113 Å². The Morgan fingerprint density at radius 2 is 2.00 bits per heavy atom. The zero-order valence-corrected chi connectivity index (χ0v) is 11.7. The summed E-state index contributed by atoms with van der Waals surface area (Å²) in [6, 6.07) is 10.00. The van der Waals surface area contributed by atoms with Crippen molar-refractivity contribution in [3.8, 4) is 0 Å². The fourth-order valence-corrected chi connectivity index (χ4v) is 2.31. The van der Waals surface area contributed by atoms with Crippen LogP contribution in [0.25, 0.3) is 10.9 Å². The van der Waals surface area contributed by atoms with E-state index in [-0.39, 0.29) is 0 Å². The molecule has 0 amide bonds. The van der Waals surface area contributed by atoms with Crippen molar-refractivity contribution in [3.05, 3.63) is 35.9 Å². The molecule has 0 bridgehead atoms. The van der Waals surface area contributed by atoms with Gasteiger partial charge in [0.15, 0.2) is 0 Å². The summed E-state index contributed by atoms with van der Waals surface area (Å²) in [5.41, 5.74) is 7.19. The van der Waals surface area contributed by atoms with Crippen LogP contribution in [0.3, 0.4) is 0 Å². The standard InChI is InChI=1S/C15H21N3O/c1-15(2,19)10-18(3)9-12-8-11-6-4-5-7-13(11)17-14(12)16/h4-8,19H,9-10H2,1-3H3,(H2,16,17). The van der Waals surface area contributed by atoms with Crippen LogP contribution in [0.4, 0.5) is 5.82 Å². The predicted molar refractivity (Wildman–Crippen MR) is 78.8 cm³/mol. The number of para-hydroxylation sites is 1. The highest BCUT2D eigenvalue weighted by Gasteiger charge is 2.16. The number of hydrogen-bond donors (Lipinski definition) is 2. The maximum atomic E-state index is 9.82. The number of nitrogen functional groups attached to an aromatic ring is 1. The molecule has 4 heteroatoms. The largest absolute Gasteiger partial charge is 0.389 e. The second kappa shape index (κ2) is 5.15. The summed E-state index contributed by atoms with van der Waals surface area (Å²) in [6.45, 7) is 4.85. The highest BCUT2D eigenvalue weighted by atomic mass is 16.3.